The van der Waals surface area contributed by atoms with Crippen LogP contribution in [-0.4, -0.2) is 44.5 Å². The molecule has 0 amide bonds. The minimum atomic E-state index is 0.365. The van der Waals surface area contributed by atoms with E-state index in [9.17, 15) is 0 Å². The van der Waals surface area contributed by atoms with Crippen molar-refractivity contribution in [2.75, 3.05) is 12.4 Å². The van der Waals surface area contributed by atoms with Crippen LogP contribution in [0.5, 0.6) is 0 Å². The van der Waals surface area contributed by atoms with Crippen molar-refractivity contribution >= 4 is 11.5 Å². The predicted molar refractivity (Wildman–Crippen MR) is 60.6 cm³/mol. The lowest BCUT2D eigenvalue weighted by molar-refractivity contribution is 0.108. The fourth-order valence-corrected chi connectivity index (χ4v) is 2.22. The lowest BCUT2D eigenvalue weighted by atomic mass is 10.2. The number of anilines is 1. The molecule has 2 aromatic rings. The monoisotopic (exact) mass is 234 g/mol. The van der Waals surface area contributed by atoms with Crippen LogP contribution in [0.3, 0.4) is 0 Å². The highest BCUT2D eigenvalue weighted by atomic mass is 16.5. The van der Waals surface area contributed by atoms with Crippen LogP contribution in [0.25, 0.3) is 5.65 Å². The summed E-state index contributed by atoms with van der Waals surface area (Å²) in [5.74, 6) is 0.798. The Hall–Kier alpha value is -1.76. The number of fused-ring (bicyclic) bond motifs is 1. The van der Waals surface area contributed by atoms with E-state index in [2.05, 4.69) is 25.9 Å². The third kappa shape index (κ3) is 2.05. The Morgan fingerprint density at radius 2 is 2.35 bits per heavy atom. The van der Waals surface area contributed by atoms with Gasteiger partial charge in [-0.05, 0) is 41.8 Å². The van der Waals surface area contributed by atoms with E-state index >= 15 is 0 Å². The van der Waals surface area contributed by atoms with Crippen molar-refractivity contribution in [2.45, 2.75) is 31.4 Å². The van der Waals surface area contributed by atoms with E-state index in [1.807, 2.05) is 12.1 Å². The second kappa shape index (κ2) is 4.25. The summed E-state index contributed by atoms with van der Waals surface area (Å²) in [6.45, 7) is 0. The number of ether oxygens (including phenoxy) is 1. The number of methoxy groups -OCH3 is 1. The summed E-state index contributed by atoms with van der Waals surface area (Å²) in [7, 11) is 1.76. The number of aromatic nitrogens is 5. The van der Waals surface area contributed by atoms with Gasteiger partial charge in [-0.2, -0.15) is 0 Å². The maximum atomic E-state index is 5.34. The Kier molecular flexibility index (Phi) is 2.60. The second-order valence-corrected chi connectivity index (χ2v) is 4.26. The molecule has 2 heterocycles. The number of nitrogens with zero attached hydrogens (tertiary/aromatic N) is 5. The standard InChI is InChI=1S/C10H14N6O/c1-17-8-3-2-7(6-8)11-9-4-5-10-12-14-15-16(10)13-9/h4-5,7-8H,2-3,6H2,1H3,(H,11,13). The molecule has 17 heavy (non-hydrogen) atoms. The maximum Gasteiger partial charge on any atom is 0.200 e. The van der Waals surface area contributed by atoms with Crippen LogP contribution in [-0.2, 0) is 4.74 Å². The Balaban J connectivity index is 1.72. The van der Waals surface area contributed by atoms with Crippen molar-refractivity contribution in [3.05, 3.63) is 12.1 Å². The first kappa shape index (κ1) is 10.4. The highest BCUT2D eigenvalue weighted by Gasteiger charge is 2.24. The normalized spacial score (nSPS) is 24.3. The lowest BCUT2D eigenvalue weighted by Crippen LogP contribution is -2.18. The van der Waals surface area contributed by atoms with Crippen LogP contribution >= 0.6 is 0 Å². The van der Waals surface area contributed by atoms with Gasteiger partial charge in [-0.3, -0.25) is 0 Å². The quantitative estimate of drug-likeness (QED) is 0.833. The Labute approximate surface area is 98.1 Å². The van der Waals surface area contributed by atoms with Gasteiger partial charge in [0.2, 0.25) is 0 Å². The second-order valence-electron chi connectivity index (χ2n) is 4.26. The van der Waals surface area contributed by atoms with Gasteiger partial charge >= 0.3 is 0 Å². The van der Waals surface area contributed by atoms with Gasteiger partial charge in [-0.25, -0.2) is 0 Å². The van der Waals surface area contributed by atoms with Crippen molar-refractivity contribution in [3.8, 4) is 0 Å². The summed E-state index contributed by atoms with van der Waals surface area (Å²) in [5, 5.41) is 18.8. The van der Waals surface area contributed by atoms with Gasteiger partial charge in [0.05, 0.1) is 6.10 Å². The highest BCUT2D eigenvalue weighted by molar-refractivity contribution is 5.42. The van der Waals surface area contributed by atoms with Crippen LogP contribution < -0.4 is 5.32 Å². The fourth-order valence-electron chi connectivity index (χ4n) is 2.22. The summed E-state index contributed by atoms with van der Waals surface area (Å²) < 4.78 is 6.76. The summed E-state index contributed by atoms with van der Waals surface area (Å²) in [4.78, 5) is 0. The number of tetrazole rings is 1. The third-order valence-corrected chi connectivity index (χ3v) is 3.14. The molecule has 2 unspecified atom stereocenters. The highest BCUT2D eigenvalue weighted by Crippen LogP contribution is 2.24. The molecule has 0 aromatic carbocycles. The molecule has 7 nitrogen and oxygen atoms in total. The Morgan fingerprint density at radius 3 is 3.18 bits per heavy atom. The lowest BCUT2D eigenvalue weighted by Gasteiger charge is -2.12. The van der Waals surface area contributed by atoms with Gasteiger partial charge in [0.15, 0.2) is 5.65 Å². The Bertz CT molecular complexity index is 512. The number of rotatable bonds is 3. The smallest absolute Gasteiger partial charge is 0.200 e. The SMILES string of the molecule is COC1CCC(Nc2ccc3nnnn3n2)C1. The zero-order valence-electron chi connectivity index (χ0n) is 9.58. The molecule has 1 aliphatic carbocycles. The molecule has 0 bridgehead atoms. The number of hydrogen-bond donors (Lipinski definition) is 1. The predicted octanol–water partition coefficient (Wildman–Crippen LogP) is 0.499. The zero-order chi connectivity index (χ0) is 11.7. The van der Waals surface area contributed by atoms with E-state index in [0.717, 1.165) is 25.1 Å². The van der Waals surface area contributed by atoms with E-state index in [0.29, 0.717) is 17.8 Å². The first-order chi connectivity index (χ1) is 8.35. The molecular weight excluding hydrogens is 220 g/mol. The Morgan fingerprint density at radius 1 is 1.41 bits per heavy atom. The van der Waals surface area contributed by atoms with E-state index in [1.54, 1.807) is 7.11 Å². The first-order valence-corrected chi connectivity index (χ1v) is 5.70. The van der Waals surface area contributed by atoms with Crippen LogP contribution in [0.2, 0.25) is 0 Å². The molecule has 1 N–H and O–H groups in total. The van der Waals surface area contributed by atoms with Gasteiger partial charge < -0.3 is 10.1 Å². The molecule has 1 aliphatic rings. The molecule has 0 aliphatic heterocycles. The van der Waals surface area contributed by atoms with Crippen molar-refractivity contribution in [2.24, 2.45) is 0 Å². The third-order valence-electron chi connectivity index (χ3n) is 3.14. The van der Waals surface area contributed by atoms with Crippen LogP contribution in [0.4, 0.5) is 5.82 Å². The molecule has 7 heteroatoms. The molecule has 0 radical (unpaired) electrons. The molecule has 0 spiro atoms. The molecule has 2 aromatic heterocycles. The van der Waals surface area contributed by atoms with Crippen LogP contribution in [0, 0.1) is 0 Å². The maximum absolute atomic E-state index is 5.34. The van der Waals surface area contributed by atoms with Crippen LogP contribution in [0.15, 0.2) is 12.1 Å². The van der Waals surface area contributed by atoms with Gasteiger partial charge in [0.1, 0.15) is 5.82 Å². The summed E-state index contributed by atoms with van der Waals surface area (Å²) in [6.07, 6.45) is 3.59. The van der Waals surface area contributed by atoms with Crippen LogP contribution in [0.1, 0.15) is 19.3 Å². The van der Waals surface area contributed by atoms with Crippen molar-refractivity contribution in [3.63, 3.8) is 0 Å². The van der Waals surface area contributed by atoms with Gasteiger partial charge in [0, 0.05) is 13.2 Å². The topological polar surface area (TPSA) is 77.2 Å². The average Bonchev–Trinajstić information content (AvgIpc) is 2.96. The van der Waals surface area contributed by atoms with Crippen molar-refractivity contribution in [1.29, 1.82) is 0 Å². The van der Waals surface area contributed by atoms with E-state index < -0.39 is 0 Å². The largest absolute Gasteiger partial charge is 0.381 e. The first-order valence-electron chi connectivity index (χ1n) is 5.70. The van der Waals surface area contributed by atoms with Crippen molar-refractivity contribution in [1.82, 2.24) is 25.3 Å². The van der Waals surface area contributed by atoms with Crippen molar-refractivity contribution < 1.29 is 4.74 Å². The number of hydrogen-bond acceptors (Lipinski definition) is 6. The van der Waals surface area contributed by atoms with Gasteiger partial charge in [-0.1, -0.05) is 0 Å². The van der Waals surface area contributed by atoms with E-state index in [4.69, 9.17) is 4.74 Å². The van der Waals surface area contributed by atoms with Gasteiger partial charge in [0.25, 0.3) is 0 Å². The fraction of sp³-hybridized carbons (Fsp3) is 0.600. The number of nitrogens with one attached hydrogen (secondary N) is 1. The summed E-state index contributed by atoms with van der Waals surface area (Å²) in [5.41, 5.74) is 0.650. The van der Waals surface area contributed by atoms with E-state index in [-0.39, 0.29) is 0 Å². The molecule has 2 atom stereocenters. The average molecular weight is 234 g/mol. The summed E-state index contributed by atoms with van der Waals surface area (Å²) >= 11 is 0. The van der Waals surface area contributed by atoms with Gasteiger partial charge in [-0.15, -0.1) is 14.8 Å². The minimum Gasteiger partial charge on any atom is -0.381 e. The van der Waals surface area contributed by atoms with E-state index in [1.165, 1.54) is 4.63 Å². The molecule has 1 fully saturated rings. The minimum absolute atomic E-state index is 0.365. The summed E-state index contributed by atoms with van der Waals surface area (Å²) in [6, 6.07) is 4.16. The molecule has 0 saturated heterocycles. The molecular formula is C10H14N6O. The molecule has 1 saturated carbocycles. The zero-order valence-corrected chi connectivity index (χ0v) is 9.58. The molecule has 3 rings (SSSR count). The molecule has 90 valence electrons.